The number of hydrogen-bond acceptors (Lipinski definition) is 4. The predicted molar refractivity (Wildman–Crippen MR) is 82.7 cm³/mol. The maximum atomic E-state index is 12.9. The van der Waals surface area contributed by atoms with Gasteiger partial charge in [-0.25, -0.2) is 12.8 Å². The molecule has 2 rings (SSSR count). The second-order valence-electron chi connectivity index (χ2n) is 5.36. The molecule has 1 aliphatic rings. The fraction of sp³-hybridized carbons (Fsp3) is 0.500. The molecule has 0 N–H and O–H groups in total. The number of rotatable bonds is 4. The molecule has 1 saturated heterocycles. The molecular weight excluding hydrogens is 309 g/mol. The van der Waals surface area contributed by atoms with Gasteiger partial charge < -0.3 is 9.80 Å². The fourth-order valence-corrected chi connectivity index (χ4v) is 2.62. The van der Waals surface area contributed by atoms with Gasteiger partial charge in [0.25, 0.3) is 0 Å². The van der Waals surface area contributed by atoms with Crippen LogP contribution in [-0.2, 0) is 14.8 Å². The molecule has 1 fully saturated rings. The second kappa shape index (κ2) is 6.62. The minimum absolute atomic E-state index is 0.143. The van der Waals surface area contributed by atoms with Crippen LogP contribution in [0.3, 0.4) is 0 Å². The molecule has 8 heteroatoms. The van der Waals surface area contributed by atoms with Crippen LogP contribution in [0.15, 0.2) is 24.3 Å². The highest BCUT2D eigenvalue weighted by atomic mass is 32.2. The van der Waals surface area contributed by atoms with Gasteiger partial charge in [-0.15, -0.1) is 0 Å². The van der Waals surface area contributed by atoms with E-state index in [9.17, 15) is 17.6 Å². The highest BCUT2D eigenvalue weighted by molar-refractivity contribution is 7.88. The summed E-state index contributed by atoms with van der Waals surface area (Å²) in [6, 6.07) is 6.25. The molecule has 6 nitrogen and oxygen atoms in total. The molecule has 0 radical (unpaired) electrons. The zero-order valence-corrected chi connectivity index (χ0v) is 13.5. The van der Waals surface area contributed by atoms with Crippen molar-refractivity contribution in [3.05, 3.63) is 30.1 Å². The number of amides is 1. The van der Waals surface area contributed by atoms with E-state index in [1.165, 1.54) is 19.2 Å². The van der Waals surface area contributed by atoms with Crippen molar-refractivity contribution in [3.63, 3.8) is 0 Å². The molecule has 0 atom stereocenters. The molecule has 0 aliphatic carbocycles. The van der Waals surface area contributed by atoms with E-state index in [4.69, 9.17) is 0 Å². The number of benzene rings is 1. The Labute approximate surface area is 130 Å². The lowest BCUT2D eigenvalue weighted by molar-refractivity contribution is -0.131. The van der Waals surface area contributed by atoms with Crippen LogP contribution in [0.25, 0.3) is 0 Å². The van der Waals surface area contributed by atoms with E-state index >= 15 is 0 Å². The molecule has 1 heterocycles. The van der Waals surface area contributed by atoms with Crippen LogP contribution in [0.4, 0.5) is 10.1 Å². The Morgan fingerprint density at radius 3 is 2.23 bits per heavy atom. The van der Waals surface area contributed by atoms with Crippen molar-refractivity contribution in [1.29, 1.82) is 0 Å². The van der Waals surface area contributed by atoms with E-state index in [0.717, 1.165) is 16.2 Å². The van der Waals surface area contributed by atoms with Gasteiger partial charge in [-0.2, -0.15) is 4.31 Å². The number of halogens is 1. The summed E-state index contributed by atoms with van der Waals surface area (Å²) >= 11 is 0. The first kappa shape index (κ1) is 16.7. The third-order valence-electron chi connectivity index (χ3n) is 3.75. The number of likely N-dealkylation sites (N-methyl/N-ethyl adjacent to an activating group) is 1. The van der Waals surface area contributed by atoms with E-state index in [-0.39, 0.29) is 18.3 Å². The molecule has 0 aromatic heterocycles. The predicted octanol–water partition coefficient (Wildman–Crippen LogP) is 0.366. The minimum Gasteiger partial charge on any atom is -0.368 e. The number of anilines is 1. The van der Waals surface area contributed by atoms with Crippen molar-refractivity contribution in [2.75, 3.05) is 50.9 Å². The first-order valence-corrected chi connectivity index (χ1v) is 8.82. The van der Waals surface area contributed by atoms with Gasteiger partial charge in [0.2, 0.25) is 15.9 Å². The number of sulfonamides is 1. The van der Waals surface area contributed by atoms with Crippen molar-refractivity contribution >= 4 is 21.6 Å². The molecule has 0 spiro atoms. The third kappa shape index (κ3) is 4.17. The highest BCUT2D eigenvalue weighted by Gasteiger charge is 2.24. The molecule has 0 unspecified atom stereocenters. The summed E-state index contributed by atoms with van der Waals surface area (Å²) < 4.78 is 36.6. The largest absolute Gasteiger partial charge is 0.368 e. The molecule has 122 valence electrons. The van der Waals surface area contributed by atoms with Gasteiger partial charge in [0, 0.05) is 38.9 Å². The van der Waals surface area contributed by atoms with Crippen LogP contribution in [0.2, 0.25) is 0 Å². The van der Waals surface area contributed by atoms with Gasteiger partial charge in [-0.05, 0) is 24.3 Å². The quantitative estimate of drug-likeness (QED) is 0.801. The number of piperazine rings is 1. The molecule has 1 aliphatic heterocycles. The maximum Gasteiger partial charge on any atom is 0.238 e. The lowest BCUT2D eigenvalue weighted by Gasteiger charge is -2.36. The van der Waals surface area contributed by atoms with Crippen molar-refractivity contribution in [1.82, 2.24) is 9.21 Å². The molecule has 22 heavy (non-hydrogen) atoms. The van der Waals surface area contributed by atoms with E-state index < -0.39 is 10.0 Å². The van der Waals surface area contributed by atoms with Gasteiger partial charge in [-0.1, -0.05) is 0 Å². The normalized spacial score (nSPS) is 16.2. The Balaban J connectivity index is 1.89. The van der Waals surface area contributed by atoms with Gasteiger partial charge in [0.15, 0.2) is 0 Å². The average molecular weight is 329 g/mol. The van der Waals surface area contributed by atoms with Gasteiger partial charge in [0.05, 0.1) is 12.8 Å². The Bertz CT molecular complexity index is 625. The zero-order valence-electron chi connectivity index (χ0n) is 12.7. The summed E-state index contributed by atoms with van der Waals surface area (Å²) in [6.07, 6.45) is 1.08. The monoisotopic (exact) mass is 329 g/mol. The van der Waals surface area contributed by atoms with Crippen LogP contribution in [0.1, 0.15) is 0 Å². The SMILES string of the molecule is CN(CC(=O)N1CCN(c2ccc(F)cc2)CC1)S(C)(=O)=O. The van der Waals surface area contributed by atoms with Crippen molar-refractivity contribution in [2.45, 2.75) is 0 Å². The maximum absolute atomic E-state index is 12.9. The standard InChI is InChI=1S/C14H20FN3O3S/c1-16(22(2,20)21)11-14(19)18-9-7-17(8-10-18)13-5-3-12(15)4-6-13/h3-6H,7-11H2,1-2H3. The van der Waals surface area contributed by atoms with Gasteiger partial charge in [-0.3, -0.25) is 4.79 Å². The van der Waals surface area contributed by atoms with Gasteiger partial charge >= 0.3 is 0 Å². The summed E-state index contributed by atoms with van der Waals surface area (Å²) in [7, 11) is -1.96. The second-order valence-corrected chi connectivity index (χ2v) is 7.45. The lowest BCUT2D eigenvalue weighted by Crippen LogP contribution is -2.51. The van der Waals surface area contributed by atoms with E-state index in [1.807, 2.05) is 0 Å². The lowest BCUT2D eigenvalue weighted by atomic mass is 10.2. The summed E-state index contributed by atoms with van der Waals surface area (Å²) in [5.74, 6) is -0.479. The molecular formula is C14H20FN3O3S. The highest BCUT2D eigenvalue weighted by Crippen LogP contribution is 2.17. The summed E-state index contributed by atoms with van der Waals surface area (Å²) in [5, 5.41) is 0. The topological polar surface area (TPSA) is 60.9 Å². The van der Waals surface area contributed by atoms with Crippen LogP contribution in [0.5, 0.6) is 0 Å². The summed E-state index contributed by atoms with van der Waals surface area (Å²) in [5.41, 5.74) is 0.918. The third-order valence-corrected chi connectivity index (χ3v) is 5.01. The van der Waals surface area contributed by atoms with Crippen LogP contribution < -0.4 is 4.90 Å². The number of carbonyl (C=O) groups excluding carboxylic acids is 1. The first-order valence-electron chi connectivity index (χ1n) is 6.97. The summed E-state index contributed by atoms with van der Waals surface area (Å²) in [4.78, 5) is 15.8. The number of carbonyl (C=O) groups is 1. The number of nitrogens with zero attached hydrogens (tertiary/aromatic N) is 3. The fourth-order valence-electron chi connectivity index (χ4n) is 2.27. The average Bonchev–Trinajstić information content (AvgIpc) is 2.47. The number of hydrogen-bond donors (Lipinski definition) is 0. The van der Waals surface area contributed by atoms with Crippen molar-refractivity contribution < 1.29 is 17.6 Å². The molecule has 0 bridgehead atoms. The summed E-state index contributed by atoms with van der Waals surface area (Å²) in [6.45, 7) is 2.18. The Kier molecular flexibility index (Phi) is 5.02. The van der Waals surface area contributed by atoms with Crippen LogP contribution >= 0.6 is 0 Å². The Hall–Kier alpha value is -1.67. The Morgan fingerprint density at radius 1 is 1.18 bits per heavy atom. The first-order chi connectivity index (χ1) is 10.3. The van der Waals surface area contributed by atoms with Crippen LogP contribution in [0, 0.1) is 5.82 Å². The zero-order chi connectivity index (χ0) is 16.3. The van der Waals surface area contributed by atoms with Crippen molar-refractivity contribution in [2.24, 2.45) is 0 Å². The molecule has 1 amide bonds. The molecule has 1 aromatic rings. The van der Waals surface area contributed by atoms with E-state index in [1.54, 1.807) is 17.0 Å². The van der Waals surface area contributed by atoms with Crippen LogP contribution in [-0.4, -0.2) is 69.6 Å². The van der Waals surface area contributed by atoms with E-state index in [0.29, 0.717) is 26.2 Å². The molecule has 1 aromatic carbocycles. The smallest absolute Gasteiger partial charge is 0.238 e. The van der Waals surface area contributed by atoms with E-state index in [2.05, 4.69) is 4.90 Å². The van der Waals surface area contributed by atoms with Gasteiger partial charge in [0.1, 0.15) is 5.82 Å². The van der Waals surface area contributed by atoms with Crippen molar-refractivity contribution in [3.8, 4) is 0 Å². The molecule has 0 saturated carbocycles. The minimum atomic E-state index is -3.35. The Morgan fingerprint density at radius 2 is 1.73 bits per heavy atom.